The van der Waals surface area contributed by atoms with Crippen molar-refractivity contribution in [3.63, 3.8) is 0 Å². The summed E-state index contributed by atoms with van der Waals surface area (Å²) in [6, 6.07) is 16.0. The Kier molecular flexibility index (Phi) is 5.48. The molecule has 0 aliphatic carbocycles. The third kappa shape index (κ3) is 4.12. The van der Waals surface area contributed by atoms with Gasteiger partial charge in [-0.15, -0.1) is 0 Å². The van der Waals surface area contributed by atoms with Crippen LogP contribution in [0.15, 0.2) is 48.7 Å². The maximum absolute atomic E-state index is 12.4. The fourth-order valence-corrected chi connectivity index (χ4v) is 8.56. The number of fused-ring (bicyclic) bond motifs is 1. The van der Waals surface area contributed by atoms with Crippen LogP contribution in [0, 0.1) is 18.3 Å². The zero-order valence-electron chi connectivity index (χ0n) is 15.7. The van der Waals surface area contributed by atoms with Gasteiger partial charge in [-0.1, -0.05) is 0 Å². The van der Waals surface area contributed by atoms with E-state index < -0.39 is 20.1 Å². The summed E-state index contributed by atoms with van der Waals surface area (Å²) in [5.41, 5.74) is 3.10. The average molecular weight is 487 g/mol. The van der Waals surface area contributed by atoms with Crippen molar-refractivity contribution in [2.75, 3.05) is 12.4 Å². The number of pyridine rings is 1. The van der Waals surface area contributed by atoms with Crippen LogP contribution in [0.4, 0.5) is 5.82 Å². The Balaban J connectivity index is 1.34. The van der Waals surface area contributed by atoms with Gasteiger partial charge in [0.2, 0.25) is 0 Å². The van der Waals surface area contributed by atoms with Gasteiger partial charge in [0.1, 0.15) is 0 Å². The Morgan fingerprint density at radius 2 is 1.96 bits per heavy atom. The zero-order valence-corrected chi connectivity index (χ0v) is 17.8. The number of nitrogens with zero attached hydrogens (tertiary/aromatic N) is 3. The van der Waals surface area contributed by atoms with Gasteiger partial charge in [0.05, 0.1) is 0 Å². The molecule has 1 aliphatic heterocycles. The van der Waals surface area contributed by atoms with Crippen LogP contribution in [0.1, 0.15) is 34.5 Å². The van der Waals surface area contributed by atoms with Gasteiger partial charge < -0.3 is 0 Å². The first-order chi connectivity index (χ1) is 13.6. The Morgan fingerprint density at radius 3 is 2.68 bits per heavy atom. The van der Waals surface area contributed by atoms with E-state index in [1.165, 1.54) is 0 Å². The number of aryl methyl sites for hydroxylation is 1. The van der Waals surface area contributed by atoms with Crippen molar-refractivity contribution in [3.05, 3.63) is 65.5 Å². The van der Waals surface area contributed by atoms with Crippen LogP contribution in [-0.4, -0.2) is 30.2 Å². The topological polar surface area (TPSA) is 82.2 Å². The molecule has 1 aromatic carbocycles. The van der Waals surface area contributed by atoms with Gasteiger partial charge in [-0.25, -0.2) is 0 Å². The second-order valence-corrected chi connectivity index (χ2v) is 12.2. The predicted octanol–water partition coefficient (Wildman–Crippen LogP) is 3.94. The van der Waals surface area contributed by atoms with Crippen molar-refractivity contribution < 1.29 is 4.79 Å². The SMILES string of the molecule is Cc1ccc(C(=O)NC2CCI(Nc3cccc4nc(C#N)cn34)CC2)cc1. The van der Waals surface area contributed by atoms with Crippen molar-refractivity contribution in [1.82, 2.24) is 14.7 Å². The van der Waals surface area contributed by atoms with E-state index in [-0.39, 0.29) is 11.9 Å². The van der Waals surface area contributed by atoms with Crippen LogP contribution in [0.2, 0.25) is 0 Å². The van der Waals surface area contributed by atoms with Gasteiger partial charge >= 0.3 is 172 Å². The van der Waals surface area contributed by atoms with Crippen LogP contribution in [0.3, 0.4) is 0 Å². The molecule has 2 aromatic heterocycles. The van der Waals surface area contributed by atoms with E-state index in [2.05, 4.69) is 19.9 Å². The van der Waals surface area contributed by atoms with Crippen molar-refractivity contribution in [1.29, 1.82) is 5.26 Å². The Labute approximate surface area is 171 Å². The number of carbonyl (C=O) groups is 1. The number of halogens is 1. The van der Waals surface area contributed by atoms with Crippen molar-refractivity contribution >= 4 is 37.5 Å². The monoisotopic (exact) mass is 487 g/mol. The van der Waals surface area contributed by atoms with E-state index >= 15 is 0 Å². The molecule has 6 nitrogen and oxygen atoms in total. The molecule has 2 N–H and O–H groups in total. The minimum atomic E-state index is -1.35. The van der Waals surface area contributed by atoms with Gasteiger partial charge in [0, 0.05) is 0 Å². The van der Waals surface area contributed by atoms with Crippen LogP contribution in [0.25, 0.3) is 5.65 Å². The maximum atomic E-state index is 12.4. The van der Waals surface area contributed by atoms with Crippen LogP contribution >= 0.6 is 20.1 Å². The summed E-state index contributed by atoms with van der Waals surface area (Å²) in [7, 11) is 0. The molecule has 28 heavy (non-hydrogen) atoms. The molecule has 7 heteroatoms. The van der Waals surface area contributed by atoms with E-state index in [0.29, 0.717) is 5.69 Å². The fourth-order valence-electron chi connectivity index (χ4n) is 3.26. The molecule has 3 aromatic rings. The molecule has 144 valence electrons. The molecule has 0 unspecified atom stereocenters. The van der Waals surface area contributed by atoms with Crippen LogP contribution in [0.5, 0.6) is 0 Å². The van der Waals surface area contributed by atoms with Crippen LogP contribution < -0.4 is 8.85 Å². The number of benzene rings is 1. The quantitative estimate of drug-likeness (QED) is 0.332. The van der Waals surface area contributed by atoms with E-state index in [9.17, 15) is 4.79 Å². The minimum absolute atomic E-state index is 0.0208. The molecular weight excluding hydrogens is 465 g/mol. The third-order valence-electron chi connectivity index (χ3n) is 4.86. The standard InChI is InChI=1S/C21H22IN5O/c1-15-5-7-16(8-6-15)21(28)25-17-9-11-22(12-10-17)26-20-4-2-3-19-24-18(13-23)14-27(19)20/h2-8,14,17,26H,9-12H2,1H3,(H,25,28). The molecule has 1 aliphatic rings. The number of rotatable bonds is 4. The molecule has 4 rings (SSSR count). The molecule has 0 radical (unpaired) electrons. The normalized spacial score (nSPS) is 15.9. The summed E-state index contributed by atoms with van der Waals surface area (Å²) >= 11 is -1.35. The summed E-state index contributed by atoms with van der Waals surface area (Å²) < 4.78 is 7.97. The Morgan fingerprint density at radius 1 is 1.21 bits per heavy atom. The number of hydrogen-bond acceptors (Lipinski definition) is 4. The number of nitrogens with one attached hydrogen (secondary N) is 2. The second-order valence-electron chi connectivity index (χ2n) is 6.92. The Bertz CT molecular complexity index is 1030. The molecule has 0 spiro atoms. The zero-order chi connectivity index (χ0) is 19.5. The van der Waals surface area contributed by atoms with Gasteiger partial charge in [-0.3, -0.25) is 0 Å². The number of nitriles is 1. The average Bonchev–Trinajstić information content (AvgIpc) is 3.14. The fraction of sp³-hybridized carbons (Fsp3) is 0.286. The number of hydrogen-bond donors (Lipinski definition) is 2. The van der Waals surface area contributed by atoms with Gasteiger partial charge in [0.15, 0.2) is 0 Å². The number of anilines is 1. The van der Waals surface area contributed by atoms with E-state index in [4.69, 9.17) is 5.26 Å². The summed E-state index contributed by atoms with van der Waals surface area (Å²) in [6.07, 6.45) is 3.81. The van der Waals surface area contributed by atoms with Crippen LogP contribution in [-0.2, 0) is 0 Å². The third-order valence-corrected chi connectivity index (χ3v) is 10.0. The summed E-state index contributed by atoms with van der Waals surface area (Å²) in [4.78, 5) is 16.7. The van der Waals surface area contributed by atoms with Gasteiger partial charge in [0.25, 0.3) is 0 Å². The predicted molar refractivity (Wildman–Crippen MR) is 119 cm³/mol. The number of imidazole rings is 1. The first-order valence-electron chi connectivity index (χ1n) is 9.26. The summed E-state index contributed by atoms with van der Waals surface area (Å²) in [5, 5.41) is 12.3. The number of amides is 1. The molecule has 1 saturated heterocycles. The molecule has 3 heterocycles. The second kappa shape index (κ2) is 8.19. The molecular formula is C21H22IN5O. The van der Waals surface area contributed by atoms with Gasteiger partial charge in [-0.05, 0) is 0 Å². The van der Waals surface area contributed by atoms with E-state index in [1.54, 1.807) is 6.20 Å². The summed E-state index contributed by atoms with van der Waals surface area (Å²) in [6.45, 7) is 2.02. The first-order valence-corrected chi connectivity index (χ1v) is 13.4. The number of aromatic nitrogens is 2. The van der Waals surface area contributed by atoms with E-state index in [1.807, 2.05) is 53.8 Å². The summed E-state index contributed by atoms with van der Waals surface area (Å²) in [5.74, 6) is 1.03. The first kappa shape index (κ1) is 18.7. The number of alkyl halides is 2. The Hall–Kier alpha value is -2.60. The molecule has 1 amide bonds. The number of carbonyl (C=O) groups excluding carboxylic acids is 1. The molecule has 1 fully saturated rings. The van der Waals surface area contributed by atoms with Crippen molar-refractivity contribution in [2.45, 2.75) is 25.8 Å². The van der Waals surface area contributed by atoms with Gasteiger partial charge in [-0.2, -0.15) is 0 Å². The van der Waals surface area contributed by atoms with Crippen molar-refractivity contribution in [3.8, 4) is 6.07 Å². The molecule has 0 bridgehead atoms. The van der Waals surface area contributed by atoms with Crippen molar-refractivity contribution in [2.24, 2.45) is 0 Å². The molecule has 0 saturated carbocycles. The molecule has 0 atom stereocenters. The van der Waals surface area contributed by atoms with E-state index in [0.717, 1.165) is 44.3 Å².